The third kappa shape index (κ3) is 6.94. The number of hydrogen-bond acceptors (Lipinski definition) is 9. The molecule has 4 heterocycles. The van der Waals surface area contributed by atoms with E-state index in [1.807, 2.05) is 29.5 Å². The first-order valence-corrected chi connectivity index (χ1v) is 15.3. The Morgan fingerprint density at radius 3 is 2.64 bits per heavy atom. The van der Waals surface area contributed by atoms with Gasteiger partial charge in [-0.15, -0.1) is 0 Å². The normalized spacial score (nSPS) is 16.1. The Balaban J connectivity index is 1.00. The van der Waals surface area contributed by atoms with E-state index in [9.17, 15) is 9.18 Å². The number of amides is 1. The number of nitrogens with zero attached hydrogens (tertiary/aromatic N) is 6. The lowest BCUT2D eigenvalue weighted by molar-refractivity contribution is -0.0779. The number of aromatic nitrogens is 3. The molecule has 2 saturated heterocycles. The molecule has 1 amide bonds. The highest BCUT2D eigenvalue weighted by atomic mass is 19.1. The van der Waals surface area contributed by atoms with Crippen molar-refractivity contribution >= 4 is 23.1 Å². The smallest absolute Gasteiger partial charge is 0.253 e. The molecule has 0 saturated carbocycles. The monoisotopic (exact) mass is 617 g/mol. The second kappa shape index (κ2) is 13.9. The SMILES string of the molecule is COc1ccc(-c2cnc3c(Nc4ccc(C(=O)N(C)CCOCCN5CCN(C6COC6)CC5)c(C)c4)nccn23)cc1F. The van der Waals surface area contributed by atoms with Crippen molar-refractivity contribution in [2.24, 2.45) is 0 Å². The Morgan fingerprint density at radius 2 is 1.93 bits per heavy atom. The van der Waals surface area contributed by atoms with Crippen LogP contribution >= 0.6 is 0 Å². The summed E-state index contributed by atoms with van der Waals surface area (Å²) in [5.41, 5.74) is 4.23. The fourth-order valence-electron chi connectivity index (χ4n) is 5.76. The van der Waals surface area contributed by atoms with E-state index in [4.69, 9.17) is 14.2 Å². The van der Waals surface area contributed by atoms with Crippen molar-refractivity contribution in [1.82, 2.24) is 29.1 Å². The maximum atomic E-state index is 14.4. The van der Waals surface area contributed by atoms with Crippen molar-refractivity contribution in [2.45, 2.75) is 13.0 Å². The molecule has 2 aliphatic heterocycles. The van der Waals surface area contributed by atoms with Crippen molar-refractivity contribution in [3.8, 4) is 17.0 Å². The fraction of sp³-hybridized carbons (Fsp3) is 0.424. The van der Waals surface area contributed by atoms with E-state index in [1.54, 1.807) is 42.7 Å². The van der Waals surface area contributed by atoms with Gasteiger partial charge < -0.3 is 24.4 Å². The second-order valence-electron chi connectivity index (χ2n) is 11.5. The van der Waals surface area contributed by atoms with E-state index in [2.05, 4.69) is 25.1 Å². The number of anilines is 2. The first-order chi connectivity index (χ1) is 21.9. The van der Waals surface area contributed by atoms with E-state index < -0.39 is 5.82 Å². The highest BCUT2D eigenvalue weighted by molar-refractivity contribution is 5.96. The molecule has 1 N–H and O–H groups in total. The number of imidazole rings is 1. The minimum Gasteiger partial charge on any atom is -0.494 e. The zero-order valence-electron chi connectivity index (χ0n) is 26.0. The van der Waals surface area contributed by atoms with Crippen LogP contribution in [0.4, 0.5) is 15.9 Å². The lowest BCUT2D eigenvalue weighted by Gasteiger charge is -2.42. The van der Waals surface area contributed by atoms with Gasteiger partial charge in [-0.1, -0.05) is 0 Å². The first kappa shape index (κ1) is 30.9. The van der Waals surface area contributed by atoms with Crippen LogP contribution < -0.4 is 10.1 Å². The third-order valence-electron chi connectivity index (χ3n) is 8.61. The van der Waals surface area contributed by atoms with Crippen molar-refractivity contribution in [3.63, 3.8) is 0 Å². The minimum atomic E-state index is -0.444. The molecule has 2 aliphatic rings. The van der Waals surface area contributed by atoms with Gasteiger partial charge in [0.05, 0.1) is 51.5 Å². The van der Waals surface area contributed by atoms with Gasteiger partial charge in [0.1, 0.15) is 0 Å². The number of likely N-dealkylation sites (N-methyl/N-ethyl adjacent to an activating group) is 1. The van der Waals surface area contributed by atoms with Gasteiger partial charge in [-0.2, -0.15) is 0 Å². The van der Waals surface area contributed by atoms with Gasteiger partial charge in [-0.3, -0.25) is 19.0 Å². The summed E-state index contributed by atoms with van der Waals surface area (Å²) in [6, 6.07) is 11.0. The number of carbonyl (C=O) groups is 1. The average molecular weight is 618 g/mol. The Hall–Kier alpha value is -4.10. The lowest BCUT2D eigenvalue weighted by Crippen LogP contribution is -2.56. The Bertz CT molecular complexity index is 1630. The number of benzene rings is 2. The topological polar surface area (TPSA) is 96.7 Å². The molecule has 0 unspecified atom stereocenters. The van der Waals surface area contributed by atoms with Crippen LogP contribution in [-0.2, 0) is 9.47 Å². The molecule has 2 fully saturated rings. The predicted molar refractivity (Wildman–Crippen MR) is 170 cm³/mol. The van der Waals surface area contributed by atoms with E-state index in [0.717, 1.165) is 62.9 Å². The molecule has 238 valence electrons. The highest BCUT2D eigenvalue weighted by Gasteiger charge is 2.28. The molecule has 0 atom stereocenters. The van der Waals surface area contributed by atoms with Gasteiger partial charge in [0, 0.05) is 75.5 Å². The zero-order valence-corrected chi connectivity index (χ0v) is 26.0. The number of methoxy groups -OCH3 is 1. The molecule has 4 aromatic rings. The van der Waals surface area contributed by atoms with E-state index >= 15 is 0 Å². The molecule has 6 rings (SSSR count). The number of aryl methyl sites for hydroxylation is 1. The van der Waals surface area contributed by atoms with Gasteiger partial charge in [-0.25, -0.2) is 14.4 Å². The molecular weight excluding hydrogens is 577 g/mol. The fourth-order valence-corrected chi connectivity index (χ4v) is 5.76. The second-order valence-corrected chi connectivity index (χ2v) is 11.5. The summed E-state index contributed by atoms with van der Waals surface area (Å²) in [6.45, 7) is 10.5. The molecule has 0 aliphatic carbocycles. The summed E-state index contributed by atoms with van der Waals surface area (Å²) in [5.74, 6) is 0.230. The summed E-state index contributed by atoms with van der Waals surface area (Å²) in [7, 11) is 3.24. The van der Waals surface area contributed by atoms with Crippen molar-refractivity contribution in [3.05, 3.63) is 71.9 Å². The molecule has 12 heteroatoms. The summed E-state index contributed by atoms with van der Waals surface area (Å²) in [6.07, 6.45) is 5.13. The van der Waals surface area contributed by atoms with E-state index in [1.165, 1.54) is 13.2 Å². The largest absolute Gasteiger partial charge is 0.494 e. The summed E-state index contributed by atoms with van der Waals surface area (Å²) in [5, 5.41) is 3.32. The number of piperazine rings is 1. The van der Waals surface area contributed by atoms with Gasteiger partial charge in [-0.05, 0) is 48.9 Å². The van der Waals surface area contributed by atoms with Crippen molar-refractivity contribution in [1.29, 1.82) is 0 Å². The molecular formula is C33H40FN7O4. The maximum absolute atomic E-state index is 14.4. The van der Waals surface area contributed by atoms with Crippen LogP contribution in [0.25, 0.3) is 16.9 Å². The zero-order chi connectivity index (χ0) is 31.3. The molecule has 0 radical (unpaired) electrons. The molecule has 2 aromatic heterocycles. The van der Waals surface area contributed by atoms with Gasteiger partial charge in [0.25, 0.3) is 5.91 Å². The molecule has 2 aromatic carbocycles. The third-order valence-corrected chi connectivity index (χ3v) is 8.61. The number of fused-ring (bicyclic) bond motifs is 1. The van der Waals surface area contributed by atoms with Gasteiger partial charge >= 0.3 is 0 Å². The van der Waals surface area contributed by atoms with Gasteiger partial charge in [0.15, 0.2) is 23.0 Å². The van der Waals surface area contributed by atoms with E-state index in [0.29, 0.717) is 48.4 Å². The lowest BCUT2D eigenvalue weighted by atomic mass is 10.1. The number of ether oxygens (including phenoxy) is 3. The average Bonchev–Trinajstić information content (AvgIpc) is 3.46. The summed E-state index contributed by atoms with van der Waals surface area (Å²) < 4.78 is 32.5. The standard InChI is InChI=1S/C33H40FN7O4/c1-23-18-25(37-31-32-36-20-29(41(32)9-8-35-31)24-4-7-30(43-3)28(34)19-24)5-6-27(23)33(42)38(2)14-16-44-17-15-39-10-12-40(13-11-39)26-21-45-22-26/h4-9,18-20,26H,10-17,21-22H2,1-3H3,(H,35,37). The maximum Gasteiger partial charge on any atom is 0.253 e. The summed E-state index contributed by atoms with van der Waals surface area (Å²) >= 11 is 0. The molecule has 11 nitrogen and oxygen atoms in total. The quantitative estimate of drug-likeness (QED) is 0.239. The number of hydrogen-bond donors (Lipinski definition) is 1. The molecule has 0 bridgehead atoms. The Labute approximate surface area is 262 Å². The van der Waals surface area contributed by atoms with Gasteiger partial charge in [0.2, 0.25) is 0 Å². The molecule has 0 spiro atoms. The van der Waals surface area contributed by atoms with Crippen LogP contribution in [0, 0.1) is 12.7 Å². The van der Waals surface area contributed by atoms with Crippen molar-refractivity contribution in [2.75, 3.05) is 85.2 Å². The van der Waals surface area contributed by atoms with Crippen LogP contribution in [-0.4, -0.2) is 121 Å². The Morgan fingerprint density at radius 1 is 1.11 bits per heavy atom. The van der Waals surface area contributed by atoms with Crippen LogP contribution in [0.5, 0.6) is 5.75 Å². The summed E-state index contributed by atoms with van der Waals surface area (Å²) in [4.78, 5) is 28.9. The number of carbonyl (C=O) groups excluding carboxylic acids is 1. The predicted octanol–water partition coefficient (Wildman–Crippen LogP) is 3.70. The number of rotatable bonds is 12. The number of halogens is 1. The minimum absolute atomic E-state index is 0.0522. The van der Waals surface area contributed by atoms with Crippen LogP contribution in [0.15, 0.2) is 55.0 Å². The van der Waals surface area contributed by atoms with Crippen LogP contribution in [0.2, 0.25) is 0 Å². The van der Waals surface area contributed by atoms with Crippen LogP contribution in [0.3, 0.4) is 0 Å². The van der Waals surface area contributed by atoms with Crippen molar-refractivity contribution < 1.29 is 23.4 Å². The highest BCUT2D eigenvalue weighted by Crippen LogP contribution is 2.29. The first-order valence-electron chi connectivity index (χ1n) is 15.3. The Kier molecular flexibility index (Phi) is 9.55. The van der Waals surface area contributed by atoms with E-state index in [-0.39, 0.29) is 11.7 Å². The molecule has 45 heavy (non-hydrogen) atoms. The van der Waals surface area contributed by atoms with Crippen LogP contribution in [0.1, 0.15) is 15.9 Å². The number of nitrogens with one attached hydrogen (secondary N) is 1.